The summed E-state index contributed by atoms with van der Waals surface area (Å²) in [5.41, 5.74) is 0.652. The predicted molar refractivity (Wildman–Crippen MR) is 111 cm³/mol. The van der Waals surface area contributed by atoms with Crippen molar-refractivity contribution in [3.05, 3.63) is 80.5 Å². The fraction of sp³-hybridized carbons (Fsp3) is 0.105. The average Bonchev–Trinajstić information content (AvgIpc) is 3.15. The molecule has 8 nitrogen and oxygen atoms in total. The van der Waals surface area contributed by atoms with Crippen LogP contribution < -0.4 is 11.2 Å². The highest BCUT2D eigenvalue weighted by molar-refractivity contribution is 7.99. The second kappa shape index (κ2) is 7.69. The van der Waals surface area contributed by atoms with E-state index in [-0.39, 0.29) is 5.03 Å². The highest BCUT2D eigenvalue weighted by Gasteiger charge is 2.20. The fourth-order valence-corrected chi connectivity index (χ4v) is 3.80. The summed E-state index contributed by atoms with van der Waals surface area (Å²) in [7, 11) is 2.90. The van der Waals surface area contributed by atoms with Crippen molar-refractivity contribution < 1.29 is 0 Å². The molecule has 0 unspecified atom stereocenters. The Kier molecular flexibility index (Phi) is 5.08. The smallest absolute Gasteiger partial charge is 0.270 e. The monoisotopic (exact) mass is 426 g/mol. The van der Waals surface area contributed by atoms with Gasteiger partial charge in [-0.2, -0.15) is 5.10 Å². The minimum absolute atomic E-state index is 0.122. The molecule has 2 aromatic heterocycles. The molecule has 29 heavy (non-hydrogen) atoms. The lowest BCUT2D eigenvalue weighted by Crippen LogP contribution is -2.39. The van der Waals surface area contributed by atoms with Crippen LogP contribution in [0.15, 0.2) is 74.4 Å². The number of nitrogens with zero attached hydrogens (tertiary/aromatic N) is 6. The van der Waals surface area contributed by atoms with E-state index in [1.54, 1.807) is 12.1 Å². The van der Waals surface area contributed by atoms with Gasteiger partial charge in [-0.3, -0.25) is 13.9 Å². The molecule has 2 heterocycles. The van der Waals surface area contributed by atoms with Crippen LogP contribution in [0.3, 0.4) is 0 Å². The molecule has 0 saturated heterocycles. The third-order valence-electron chi connectivity index (χ3n) is 4.23. The van der Waals surface area contributed by atoms with Crippen LogP contribution in [0.25, 0.3) is 17.1 Å². The lowest BCUT2D eigenvalue weighted by molar-refractivity contribution is 0.561. The topological polar surface area (TPSA) is 87.6 Å². The quantitative estimate of drug-likeness (QED) is 0.498. The molecule has 0 aliphatic rings. The molecule has 146 valence electrons. The van der Waals surface area contributed by atoms with Crippen molar-refractivity contribution in [2.45, 2.75) is 10.2 Å². The zero-order chi connectivity index (χ0) is 20.5. The van der Waals surface area contributed by atoms with Crippen LogP contribution in [0, 0.1) is 0 Å². The minimum Gasteiger partial charge on any atom is -0.270 e. The first kappa shape index (κ1) is 19.2. The Hall–Kier alpha value is -3.17. The van der Waals surface area contributed by atoms with E-state index in [1.807, 2.05) is 47.0 Å². The maximum atomic E-state index is 12.5. The third kappa shape index (κ3) is 3.62. The summed E-state index contributed by atoms with van der Waals surface area (Å²) in [6, 6.07) is 16.8. The molecule has 0 spiro atoms. The van der Waals surface area contributed by atoms with Gasteiger partial charge in [0.05, 0.1) is 0 Å². The summed E-state index contributed by atoms with van der Waals surface area (Å²) < 4.78 is 3.95. The molecule has 2 aromatic carbocycles. The van der Waals surface area contributed by atoms with Gasteiger partial charge in [-0.1, -0.05) is 41.9 Å². The highest BCUT2D eigenvalue weighted by atomic mass is 35.5. The lowest BCUT2D eigenvalue weighted by atomic mass is 10.2. The summed E-state index contributed by atoms with van der Waals surface area (Å²) in [5.74, 6) is 0.608. The summed E-state index contributed by atoms with van der Waals surface area (Å²) >= 11 is 7.08. The third-order valence-corrected chi connectivity index (χ3v) is 5.38. The Morgan fingerprint density at radius 1 is 0.931 bits per heavy atom. The summed E-state index contributed by atoms with van der Waals surface area (Å²) in [4.78, 5) is 24.4. The maximum Gasteiger partial charge on any atom is 0.346 e. The largest absolute Gasteiger partial charge is 0.346 e. The lowest BCUT2D eigenvalue weighted by Gasteiger charge is -2.10. The van der Waals surface area contributed by atoms with Crippen molar-refractivity contribution in [2.75, 3.05) is 0 Å². The fourth-order valence-electron chi connectivity index (χ4n) is 2.75. The Morgan fingerprint density at radius 3 is 2.31 bits per heavy atom. The molecule has 0 bridgehead atoms. The Balaban J connectivity index is 1.89. The molecular formula is C19H15ClN6O2S. The first-order chi connectivity index (χ1) is 14.0. The SMILES string of the molecule is Cn1nc(Sc2nnc(-c3ccccc3)n2-c2ccc(Cl)cc2)c(=O)n(C)c1=O. The van der Waals surface area contributed by atoms with Crippen LogP contribution in [0.4, 0.5) is 0 Å². The summed E-state index contributed by atoms with van der Waals surface area (Å²) in [5, 5.41) is 13.9. The van der Waals surface area contributed by atoms with E-state index in [9.17, 15) is 9.59 Å². The summed E-state index contributed by atoms with van der Waals surface area (Å²) in [6.07, 6.45) is 0. The van der Waals surface area contributed by atoms with Gasteiger partial charge >= 0.3 is 5.69 Å². The van der Waals surface area contributed by atoms with Gasteiger partial charge < -0.3 is 0 Å². The zero-order valence-electron chi connectivity index (χ0n) is 15.5. The van der Waals surface area contributed by atoms with Gasteiger partial charge in [0, 0.05) is 30.4 Å². The molecule has 4 rings (SSSR count). The Morgan fingerprint density at radius 2 is 1.62 bits per heavy atom. The highest BCUT2D eigenvalue weighted by Crippen LogP contribution is 2.30. The Bertz CT molecular complexity index is 1300. The number of hydrogen-bond acceptors (Lipinski definition) is 6. The van der Waals surface area contributed by atoms with Gasteiger partial charge in [0.15, 0.2) is 10.9 Å². The number of hydrogen-bond donors (Lipinski definition) is 0. The van der Waals surface area contributed by atoms with Crippen LogP contribution in [-0.2, 0) is 14.1 Å². The van der Waals surface area contributed by atoms with Gasteiger partial charge in [0.1, 0.15) is 0 Å². The van der Waals surface area contributed by atoms with E-state index in [4.69, 9.17) is 11.6 Å². The number of rotatable bonds is 4. The molecule has 0 radical (unpaired) electrons. The molecule has 0 aliphatic heterocycles. The van der Waals surface area contributed by atoms with Crippen LogP contribution in [0.2, 0.25) is 5.02 Å². The van der Waals surface area contributed by atoms with Crippen LogP contribution in [0.5, 0.6) is 0 Å². The maximum absolute atomic E-state index is 12.5. The van der Waals surface area contributed by atoms with Crippen LogP contribution in [-0.4, -0.2) is 29.1 Å². The van der Waals surface area contributed by atoms with Crippen molar-refractivity contribution in [3.8, 4) is 17.1 Å². The van der Waals surface area contributed by atoms with Gasteiger partial charge in [-0.05, 0) is 36.0 Å². The molecule has 0 aliphatic carbocycles. The molecule has 0 N–H and O–H groups in total. The second-order valence-electron chi connectivity index (χ2n) is 6.16. The molecule has 10 heteroatoms. The predicted octanol–water partition coefficient (Wildman–Crippen LogP) is 2.53. The second-order valence-corrected chi connectivity index (χ2v) is 7.55. The van der Waals surface area contributed by atoms with Crippen molar-refractivity contribution in [1.29, 1.82) is 0 Å². The molecular weight excluding hydrogens is 412 g/mol. The number of benzene rings is 2. The molecule has 4 aromatic rings. The number of halogens is 1. The Labute approximate surface area is 174 Å². The van der Waals surface area contributed by atoms with E-state index in [2.05, 4.69) is 15.3 Å². The van der Waals surface area contributed by atoms with Gasteiger partial charge in [-0.15, -0.1) is 10.2 Å². The van der Waals surface area contributed by atoms with Gasteiger partial charge in [-0.25, -0.2) is 9.48 Å². The normalized spacial score (nSPS) is 11.0. The van der Waals surface area contributed by atoms with E-state index in [1.165, 1.54) is 14.1 Å². The molecule has 0 amide bonds. The molecule has 0 fully saturated rings. The van der Waals surface area contributed by atoms with Crippen molar-refractivity contribution in [2.24, 2.45) is 14.1 Å². The molecule has 0 saturated carbocycles. The van der Waals surface area contributed by atoms with E-state index in [0.29, 0.717) is 16.0 Å². The summed E-state index contributed by atoms with van der Waals surface area (Å²) in [6.45, 7) is 0. The first-order valence-electron chi connectivity index (χ1n) is 8.54. The van der Waals surface area contributed by atoms with Crippen LogP contribution in [0.1, 0.15) is 0 Å². The van der Waals surface area contributed by atoms with E-state index >= 15 is 0 Å². The van der Waals surface area contributed by atoms with Crippen molar-refractivity contribution >= 4 is 23.4 Å². The van der Waals surface area contributed by atoms with Crippen molar-refractivity contribution in [3.63, 3.8) is 0 Å². The standard InChI is InChI=1S/C19H15ClN6O2S/c1-24-17(27)16(23-25(2)19(24)28)29-18-22-21-15(12-6-4-3-5-7-12)26(18)14-10-8-13(20)9-11-14/h3-11H,1-2H3. The first-order valence-corrected chi connectivity index (χ1v) is 9.74. The van der Waals surface area contributed by atoms with Crippen molar-refractivity contribution in [1.82, 2.24) is 29.1 Å². The van der Waals surface area contributed by atoms with Crippen LogP contribution >= 0.6 is 23.4 Å². The number of aryl methyl sites for hydroxylation is 1. The minimum atomic E-state index is -0.497. The average molecular weight is 427 g/mol. The van der Waals surface area contributed by atoms with Gasteiger partial charge in [0.2, 0.25) is 5.16 Å². The van der Waals surface area contributed by atoms with E-state index < -0.39 is 11.2 Å². The van der Waals surface area contributed by atoms with E-state index in [0.717, 1.165) is 32.3 Å². The zero-order valence-corrected chi connectivity index (χ0v) is 17.1. The number of aromatic nitrogens is 6. The molecule has 0 atom stereocenters. The van der Waals surface area contributed by atoms with Gasteiger partial charge in [0.25, 0.3) is 5.56 Å².